The third kappa shape index (κ3) is 3.80. The number of H-pyrrole nitrogens is 1. The minimum atomic E-state index is -0.0680. The van der Waals surface area contributed by atoms with Crippen LogP contribution >= 0.6 is 12.2 Å². The van der Waals surface area contributed by atoms with Crippen LogP contribution in [0.25, 0.3) is 17.1 Å². The third-order valence-corrected chi connectivity index (χ3v) is 5.26. The van der Waals surface area contributed by atoms with Crippen molar-refractivity contribution in [1.82, 2.24) is 14.8 Å². The summed E-state index contributed by atoms with van der Waals surface area (Å²) in [5, 5.41) is 27.8. The smallest absolute Gasteiger partial charge is 0.200 e. The fourth-order valence-corrected chi connectivity index (χ4v) is 3.48. The molecule has 0 fully saturated rings. The molecule has 0 saturated carbocycles. The van der Waals surface area contributed by atoms with Crippen molar-refractivity contribution in [3.05, 3.63) is 40.7 Å². The van der Waals surface area contributed by atoms with E-state index < -0.39 is 0 Å². The molecule has 0 spiro atoms. The lowest BCUT2D eigenvalue weighted by Gasteiger charge is -2.21. The Hall–Kier alpha value is -3.00. The molecule has 1 aromatic heterocycles. The van der Waals surface area contributed by atoms with Gasteiger partial charge in [0.2, 0.25) is 0 Å². The standard InChI is InChI=1S/C21H26N4O3S/c1-6-24(4)16-9-13(7-8-19(16)28-5)25-20(22-23-21(25)29)15-10-14(12(2)3)17(26)11-18(15)27/h7-12,26-27H,6H2,1-5H3,(H,23,29). The van der Waals surface area contributed by atoms with Gasteiger partial charge in [-0.05, 0) is 54.9 Å². The van der Waals surface area contributed by atoms with E-state index in [1.54, 1.807) is 17.7 Å². The van der Waals surface area contributed by atoms with Crippen LogP contribution in [-0.2, 0) is 0 Å². The minimum absolute atomic E-state index is 0.0539. The zero-order chi connectivity index (χ0) is 21.3. The van der Waals surface area contributed by atoms with Crippen LogP contribution in [0.3, 0.4) is 0 Å². The maximum absolute atomic E-state index is 10.5. The first-order chi connectivity index (χ1) is 13.8. The molecule has 29 heavy (non-hydrogen) atoms. The van der Waals surface area contributed by atoms with Gasteiger partial charge in [0.25, 0.3) is 0 Å². The lowest BCUT2D eigenvalue weighted by Crippen LogP contribution is -2.17. The molecule has 2 aromatic carbocycles. The molecule has 3 rings (SSSR count). The number of rotatable bonds is 6. The Labute approximate surface area is 175 Å². The number of nitrogens with one attached hydrogen (secondary N) is 1. The van der Waals surface area contributed by atoms with Gasteiger partial charge in [0.1, 0.15) is 17.2 Å². The normalized spacial score (nSPS) is 11.1. The van der Waals surface area contributed by atoms with Gasteiger partial charge in [0.05, 0.1) is 24.0 Å². The van der Waals surface area contributed by atoms with Gasteiger partial charge in [-0.2, -0.15) is 5.10 Å². The number of anilines is 1. The first kappa shape index (κ1) is 20.7. The molecular weight excluding hydrogens is 388 g/mol. The Kier molecular flexibility index (Phi) is 5.83. The number of aromatic hydroxyl groups is 2. The van der Waals surface area contributed by atoms with Gasteiger partial charge in [0.15, 0.2) is 10.6 Å². The average molecular weight is 415 g/mol. The van der Waals surface area contributed by atoms with Crippen molar-refractivity contribution >= 4 is 17.9 Å². The van der Waals surface area contributed by atoms with E-state index >= 15 is 0 Å². The number of hydrogen-bond acceptors (Lipinski definition) is 6. The summed E-state index contributed by atoms with van der Waals surface area (Å²) >= 11 is 5.48. The lowest BCUT2D eigenvalue weighted by atomic mass is 9.98. The highest BCUT2D eigenvalue weighted by molar-refractivity contribution is 7.71. The molecule has 154 valence electrons. The van der Waals surface area contributed by atoms with Crippen LogP contribution in [0.4, 0.5) is 5.69 Å². The minimum Gasteiger partial charge on any atom is -0.508 e. The number of nitrogens with zero attached hydrogens (tertiary/aromatic N) is 3. The zero-order valence-corrected chi connectivity index (χ0v) is 18.0. The van der Waals surface area contributed by atoms with E-state index in [4.69, 9.17) is 17.0 Å². The monoisotopic (exact) mass is 414 g/mol. The van der Waals surface area contributed by atoms with Gasteiger partial charge in [-0.3, -0.25) is 9.67 Å². The third-order valence-electron chi connectivity index (χ3n) is 4.99. The molecule has 0 saturated heterocycles. The summed E-state index contributed by atoms with van der Waals surface area (Å²) in [7, 11) is 3.62. The van der Waals surface area contributed by atoms with Crippen LogP contribution in [0.15, 0.2) is 30.3 Å². The largest absolute Gasteiger partial charge is 0.508 e. The van der Waals surface area contributed by atoms with Crippen LogP contribution in [0.1, 0.15) is 32.3 Å². The Balaban J connectivity index is 2.23. The maximum atomic E-state index is 10.5. The lowest BCUT2D eigenvalue weighted by molar-refractivity contribution is 0.415. The second-order valence-corrected chi connectivity index (χ2v) is 7.53. The van der Waals surface area contributed by atoms with Gasteiger partial charge in [-0.25, -0.2) is 0 Å². The van der Waals surface area contributed by atoms with Crippen LogP contribution in [0.5, 0.6) is 17.2 Å². The van der Waals surface area contributed by atoms with E-state index in [0.717, 1.165) is 29.2 Å². The molecule has 1 heterocycles. The second-order valence-electron chi connectivity index (χ2n) is 7.14. The zero-order valence-electron chi connectivity index (χ0n) is 17.2. The summed E-state index contributed by atoms with van der Waals surface area (Å²) in [6.45, 7) is 6.82. The van der Waals surface area contributed by atoms with Crippen LogP contribution in [0, 0.1) is 4.77 Å². The van der Waals surface area contributed by atoms with Crippen molar-refractivity contribution < 1.29 is 14.9 Å². The number of aromatic amines is 1. The molecular formula is C21H26N4O3S. The molecule has 0 radical (unpaired) electrons. The SMILES string of the molecule is CCN(C)c1cc(-n2c(-c3cc(C(C)C)c(O)cc3O)n[nH]c2=S)ccc1OC. The fraction of sp³-hybridized carbons (Fsp3) is 0.333. The molecule has 0 unspecified atom stereocenters. The molecule has 3 aromatic rings. The average Bonchev–Trinajstić information content (AvgIpc) is 3.07. The highest BCUT2D eigenvalue weighted by atomic mass is 32.1. The number of methoxy groups -OCH3 is 1. The topological polar surface area (TPSA) is 86.5 Å². The van der Waals surface area contributed by atoms with Crippen molar-refractivity contribution in [2.24, 2.45) is 0 Å². The fourth-order valence-electron chi connectivity index (χ4n) is 3.24. The van der Waals surface area contributed by atoms with Gasteiger partial charge in [-0.15, -0.1) is 0 Å². The number of aromatic nitrogens is 3. The first-order valence-electron chi connectivity index (χ1n) is 9.41. The van der Waals surface area contributed by atoms with E-state index in [1.165, 1.54) is 6.07 Å². The number of benzene rings is 2. The Morgan fingerprint density at radius 3 is 2.55 bits per heavy atom. The molecule has 8 heteroatoms. The van der Waals surface area contributed by atoms with E-state index in [0.29, 0.717) is 16.2 Å². The summed E-state index contributed by atoms with van der Waals surface area (Å²) in [6, 6.07) is 8.83. The van der Waals surface area contributed by atoms with Crippen molar-refractivity contribution in [2.45, 2.75) is 26.7 Å². The predicted octanol–water partition coefficient (Wildman–Crippen LogP) is 4.60. The van der Waals surface area contributed by atoms with Crippen molar-refractivity contribution in [2.75, 3.05) is 25.6 Å². The molecule has 0 aliphatic carbocycles. The van der Waals surface area contributed by atoms with Crippen molar-refractivity contribution in [1.29, 1.82) is 0 Å². The molecule has 0 aliphatic heterocycles. The van der Waals surface area contributed by atoms with Crippen LogP contribution < -0.4 is 9.64 Å². The maximum Gasteiger partial charge on any atom is 0.200 e. The molecule has 0 amide bonds. The summed E-state index contributed by atoms with van der Waals surface area (Å²) in [5.41, 5.74) is 2.91. The highest BCUT2D eigenvalue weighted by Crippen LogP contribution is 2.38. The number of phenolic OH excluding ortho intramolecular Hbond substituents is 2. The van der Waals surface area contributed by atoms with Gasteiger partial charge in [-0.1, -0.05) is 13.8 Å². The molecule has 3 N–H and O–H groups in total. The van der Waals surface area contributed by atoms with E-state index in [2.05, 4.69) is 22.0 Å². The predicted molar refractivity (Wildman–Crippen MR) is 117 cm³/mol. The number of phenols is 2. The molecule has 0 atom stereocenters. The van der Waals surface area contributed by atoms with E-state index in [1.807, 2.05) is 39.1 Å². The second kappa shape index (κ2) is 8.16. The first-order valence-corrected chi connectivity index (χ1v) is 9.82. The summed E-state index contributed by atoms with van der Waals surface area (Å²) < 4.78 is 7.65. The summed E-state index contributed by atoms with van der Waals surface area (Å²) in [4.78, 5) is 2.07. The summed E-state index contributed by atoms with van der Waals surface area (Å²) in [6.07, 6.45) is 0. The van der Waals surface area contributed by atoms with Crippen LogP contribution in [-0.4, -0.2) is 45.7 Å². The van der Waals surface area contributed by atoms with E-state index in [-0.39, 0.29) is 17.4 Å². The molecule has 0 aliphatic rings. The van der Waals surface area contributed by atoms with Crippen molar-refractivity contribution in [3.63, 3.8) is 0 Å². The van der Waals surface area contributed by atoms with Gasteiger partial charge >= 0.3 is 0 Å². The Morgan fingerprint density at radius 1 is 1.21 bits per heavy atom. The Bertz CT molecular complexity index is 1090. The quantitative estimate of drug-likeness (QED) is 0.511. The number of ether oxygens (including phenoxy) is 1. The molecule has 0 bridgehead atoms. The summed E-state index contributed by atoms with van der Waals surface area (Å²) in [5.74, 6) is 1.28. The van der Waals surface area contributed by atoms with Crippen molar-refractivity contribution in [3.8, 4) is 34.3 Å². The van der Waals surface area contributed by atoms with Crippen LogP contribution in [0.2, 0.25) is 0 Å². The molecule has 7 nitrogen and oxygen atoms in total. The van der Waals surface area contributed by atoms with Gasteiger partial charge in [0, 0.05) is 19.7 Å². The Morgan fingerprint density at radius 2 is 1.93 bits per heavy atom. The van der Waals surface area contributed by atoms with E-state index in [9.17, 15) is 10.2 Å². The number of hydrogen-bond donors (Lipinski definition) is 3. The van der Waals surface area contributed by atoms with Gasteiger partial charge < -0.3 is 19.8 Å². The highest BCUT2D eigenvalue weighted by Gasteiger charge is 2.19.